The van der Waals surface area contributed by atoms with E-state index in [0.717, 1.165) is 0 Å². The molecule has 1 unspecified atom stereocenters. The molecule has 11 heteroatoms. The van der Waals surface area contributed by atoms with Gasteiger partial charge < -0.3 is 30.8 Å². The first-order valence-corrected chi connectivity index (χ1v) is 6.78. The second kappa shape index (κ2) is 8.17. The van der Waals surface area contributed by atoms with Crippen molar-refractivity contribution in [3.8, 4) is 0 Å². The Kier molecular flexibility index (Phi) is 6.81. The normalized spacial score (nSPS) is 24.7. The third-order valence-electron chi connectivity index (χ3n) is 3.61. The molecule has 24 heavy (non-hydrogen) atoms. The standard InChI is InChI=1S/C13H16O11/c14-3-7(17)11(20)13(22)12(21)8(24-23)1-4-5(15)2-6(16)10(19)9(4)18/h4,7,11-14,17,20-22H,1-3H2/t4?,7-,11-,12+,13+/m1/s1. The van der Waals surface area contributed by atoms with Gasteiger partial charge in [-0.2, -0.15) is 4.58 Å². The maximum atomic E-state index is 11.7. The Balaban J connectivity index is 2.91. The Bertz CT molecular complexity index is 566. The van der Waals surface area contributed by atoms with Crippen LogP contribution in [0.3, 0.4) is 0 Å². The highest BCUT2D eigenvalue weighted by atomic mass is 17.1. The van der Waals surface area contributed by atoms with Gasteiger partial charge in [-0.3, -0.25) is 19.2 Å². The lowest BCUT2D eigenvalue weighted by atomic mass is 9.81. The number of hydrogen-bond acceptors (Lipinski definition) is 10. The average molecular weight is 348 g/mol. The van der Waals surface area contributed by atoms with Gasteiger partial charge in [0.25, 0.3) is 5.78 Å². The molecule has 5 N–H and O–H groups in total. The summed E-state index contributed by atoms with van der Waals surface area (Å²) in [6.07, 6.45) is -10.1. The van der Waals surface area contributed by atoms with Gasteiger partial charge in [0.2, 0.25) is 11.6 Å². The van der Waals surface area contributed by atoms with Crippen LogP contribution in [0.1, 0.15) is 12.8 Å². The number of aliphatic hydroxyl groups excluding tert-OH is 5. The summed E-state index contributed by atoms with van der Waals surface area (Å²) in [4.78, 5) is 45.7. The van der Waals surface area contributed by atoms with E-state index in [-0.39, 0.29) is 0 Å². The highest BCUT2D eigenvalue weighted by Crippen LogP contribution is 2.19. The van der Waals surface area contributed by atoms with E-state index in [0.29, 0.717) is 0 Å². The lowest BCUT2D eigenvalue weighted by molar-refractivity contribution is -1.05. The molecule has 1 aliphatic rings. The molecular weight excluding hydrogens is 332 g/mol. The molecule has 0 heterocycles. The van der Waals surface area contributed by atoms with Crippen LogP contribution in [0.4, 0.5) is 0 Å². The van der Waals surface area contributed by atoms with Crippen molar-refractivity contribution in [2.75, 3.05) is 6.61 Å². The molecule has 134 valence electrons. The third kappa shape index (κ3) is 4.07. The van der Waals surface area contributed by atoms with E-state index >= 15 is 0 Å². The van der Waals surface area contributed by atoms with Gasteiger partial charge in [-0.25, -0.2) is 0 Å². The Labute approximate surface area is 134 Å². The van der Waals surface area contributed by atoms with Gasteiger partial charge in [0.05, 0.1) is 25.4 Å². The Morgan fingerprint density at radius 1 is 1.12 bits per heavy atom. The molecule has 1 saturated carbocycles. The highest BCUT2D eigenvalue weighted by molar-refractivity contribution is 6.69. The van der Waals surface area contributed by atoms with Crippen molar-refractivity contribution in [2.45, 2.75) is 37.3 Å². The van der Waals surface area contributed by atoms with Crippen molar-refractivity contribution >= 4 is 28.9 Å². The maximum absolute atomic E-state index is 11.7. The molecule has 0 bridgehead atoms. The van der Waals surface area contributed by atoms with Gasteiger partial charge in [-0.1, -0.05) is 0 Å². The zero-order valence-corrected chi connectivity index (χ0v) is 12.2. The van der Waals surface area contributed by atoms with Crippen LogP contribution in [0.15, 0.2) is 0 Å². The van der Waals surface area contributed by atoms with E-state index in [1.165, 1.54) is 0 Å². The summed E-state index contributed by atoms with van der Waals surface area (Å²) in [5, 5.41) is 57.4. The Morgan fingerprint density at radius 2 is 1.71 bits per heavy atom. The quantitative estimate of drug-likeness (QED) is 0.0970. The van der Waals surface area contributed by atoms with Crippen LogP contribution in [0.25, 0.3) is 0 Å². The molecule has 1 aliphatic carbocycles. The molecule has 0 radical (unpaired) electrons. The summed E-state index contributed by atoms with van der Waals surface area (Å²) in [5.74, 6) is -7.63. The predicted octanol–water partition coefficient (Wildman–Crippen LogP) is -5.51. The van der Waals surface area contributed by atoms with E-state index in [1.807, 2.05) is 0 Å². The van der Waals surface area contributed by atoms with Crippen LogP contribution in [0.5, 0.6) is 0 Å². The maximum Gasteiger partial charge on any atom is 0.361 e. The van der Waals surface area contributed by atoms with E-state index in [4.69, 9.17) is 5.11 Å². The lowest BCUT2D eigenvalue weighted by Crippen LogP contribution is -2.51. The third-order valence-corrected chi connectivity index (χ3v) is 3.61. The van der Waals surface area contributed by atoms with Gasteiger partial charge in [0.15, 0.2) is 11.9 Å². The van der Waals surface area contributed by atoms with Gasteiger partial charge in [-0.05, 0) is 0 Å². The predicted molar refractivity (Wildman–Crippen MR) is 68.9 cm³/mol. The minimum absolute atomic E-state index is 0.841. The molecule has 0 aromatic rings. The fraction of sp³-hybridized carbons (Fsp3) is 0.615. The van der Waals surface area contributed by atoms with Crippen molar-refractivity contribution in [2.24, 2.45) is 5.92 Å². The molecule has 0 aromatic heterocycles. The molecule has 11 nitrogen and oxygen atoms in total. The van der Waals surface area contributed by atoms with Crippen LogP contribution in [0.2, 0.25) is 0 Å². The molecule has 0 amide bonds. The summed E-state index contributed by atoms with van der Waals surface area (Å²) in [6, 6.07) is 0. The van der Waals surface area contributed by atoms with Crippen LogP contribution < -0.4 is 5.26 Å². The summed E-state index contributed by atoms with van der Waals surface area (Å²) < 4.78 is 3.56. The fourth-order valence-electron chi connectivity index (χ4n) is 2.13. The van der Waals surface area contributed by atoms with Gasteiger partial charge in [0.1, 0.15) is 18.3 Å². The topological polar surface area (TPSA) is 204 Å². The van der Waals surface area contributed by atoms with Crippen LogP contribution in [-0.4, -0.2) is 85.5 Å². The van der Waals surface area contributed by atoms with Crippen LogP contribution in [-0.2, 0) is 23.8 Å². The Hall–Kier alpha value is -2.05. The first kappa shape index (κ1) is 20.0. The summed E-state index contributed by atoms with van der Waals surface area (Å²) in [5.41, 5.74) is 0. The number of aliphatic hydroxyl groups is 5. The van der Waals surface area contributed by atoms with Gasteiger partial charge in [0, 0.05) is 0 Å². The summed E-state index contributed by atoms with van der Waals surface area (Å²) >= 11 is 0. The first-order chi connectivity index (χ1) is 11.1. The second-order valence-corrected chi connectivity index (χ2v) is 5.24. The number of hydrogen-bond donors (Lipinski definition) is 5. The highest BCUT2D eigenvalue weighted by Gasteiger charge is 2.47. The number of carbonyl (C=O) groups excluding carboxylic acids is 5. The smallest absolute Gasteiger partial charge is 0.361 e. The molecule has 0 spiro atoms. The number of ketones is 5. The van der Waals surface area contributed by atoms with Crippen LogP contribution in [0, 0.1) is 5.92 Å². The van der Waals surface area contributed by atoms with Crippen molar-refractivity contribution in [3.63, 3.8) is 0 Å². The van der Waals surface area contributed by atoms with Crippen molar-refractivity contribution in [1.82, 2.24) is 0 Å². The van der Waals surface area contributed by atoms with E-state index < -0.39 is 78.7 Å². The SMILES string of the molecule is O=C1CC(=O)C(CC(=[O+][O-])[C@H](O)[C@@H](O)[C@H](O)[C@H](O)CO)C(=O)C1=O. The van der Waals surface area contributed by atoms with Crippen LogP contribution >= 0.6 is 0 Å². The van der Waals surface area contributed by atoms with Crippen molar-refractivity contribution < 1.29 is 54.5 Å². The fourth-order valence-corrected chi connectivity index (χ4v) is 2.13. The largest absolute Gasteiger partial charge is 0.463 e. The lowest BCUT2D eigenvalue weighted by Gasteiger charge is -2.24. The van der Waals surface area contributed by atoms with Crippen molar-refractivity contribution in [1.29, 1.82) is 0 Å². The molecule has 5 atom stereocenters. The summed E-state index contributed by atoms with van der Waals surface area (Å²) in [7, 11) is 0. The van der Waals surface area contributed by atoms with E-state index in [1.54, 1.807) is 0 Å². The molecule has 1 rings (SSSR count). The molecule has 0 aliphatic heterocycles. The molecular formula is C13H16O11. The number of Topliss-reactive ketones (excluding diaryl/α,β-unsaturated/α-hetero) is 4. The van der Waals surface area contributed by atoms with E-state index in [9.17, 15) is 44.9 Å². The molecule has 0 aromatic carbocycles. The zero-order chi connectivity index (χ0) is 18.6. The summed E-state index contributed by atoms with van der Waals surface area (Å²) in [6.45, 7) is -0.964. The Morgan fingerprint density at radius 3 is 2.21 bits per heavy atom. The molecule has 1 fully saturated rings. The number of rotatable bonds is 7. The van der Waals surface area contributed by atoms with Gasteiger partial charge in [-0.15, -0.1) is 0 Å². The average Bonchev–Trinajstić information content (AvgIpc) is 2.57. The van der Waals surface area contributed by atoms with E-state index in [2.05, 4.69) is 4.58 Å². The first-order valence-electron chi connectivity index (χ1n) is 6.78. The van der Waals surface area contributed by atoms with Gasteiger partial charge >= 0.3 is 5.78 Å². The minimum atomic E-state index is -2.23. The second-order valence-electron chi connectivity index (χ2n) is 5.24. The van der Waals surface area contributed by atoms with Crippen molar-refractivity contribution in [3.05, 3.63) is 0 Å². The molecule has 0 saturated heterocycles. The minimum Gasteiger partial charge on any atom is -0.463 e. The number of carbonyl (C=O) groups is 4. The monoisotopic (exact) mass is 348 g/mol. The zero-order valence-electron chi connectivity index (χ0n) is 12.2.